The Kier molecular flexibility index (Phi) is 6.84. The van der Waals surface area contributed by atoms with E-state index in [0.29, 0.717) is 47.4 Å². The zero-order valence-electron chi connectivity index (χ0n) is 18.8. The van der Waals surface area contributed by atoms with Gasteiger partial charge >= 0.3 is 5.69 Å². The topological polar surface area (TPSA) is 116 Å². The van der Waals surface area contributed by atoms with E-state index in [1.54, 1.807) is 57.2 Å². The quantitative estimate of drug-likeness (QED) is 0.520. The molecule has 0 unspecified atom stereocenters. The van der Waals surface area contributed by atoms with Crippen molar-refractivity contribution in [3.63, 3.8) is 0 Å². The first kappa shape index (κ1) is 22.9. The van der Waals surface area contributed by atoms with Crippen LogP contribution < -0.4 is 31.2 Å². The lowest BCUT2D eigenvalue weighted by atomic mass is 10.1. The number of imidazole rings is 1. The third kappa shape index (κ3) is 4.17. The van der Waals surface area contributed by atoms with Crippen molar-refractivity contribution in [1.82, 2.24) is 18.7 Å². The van der Waals surface area contributed by atoms with Crippen LogP contribution in [-0.2, 0) is 21.1 Å². The molecule has 2 heterocycles. The molecule has 170 valence electrons. The molecule has 0 atom stereocenters. The molecular formula is C22H27N5O5. The van der Waals surface area contributed by atoms with Gasteiger partial charge < -0.3 is 24.5 Å². The van der Waals surface area contributed by atoms with E-state index in [2.05, 4.69) is 4.98 Å². The van der Waals surface area contributed by atoms with Gasteiger partial charge in [0, 0.05) is 27.7 Å². The molecule has 0 amide bonds. The van der Waals surface area contributed by atoms with Gasteiger partial charge in [0.15, 0.2) is 22.7 Å². The number of hydrogen-bond acceptors (Lipinski definition) is 7. The van der Waals surface area contributed by atoms with E-state index < -0.39 is 11.2 Å². The van der Waals surface area contributed by atoms with Gasteiger partial charge in [-0.1, -0.05) is 18.2 Å². The number of rotatable bonds is 8. The van der Waals surface area contributed by atoms with Gasteiger partial charge in [0.25, 0.3) is 5.56 Å². The van der Waals surface area contributed by atoms with Gasteiger partial charge in [-0.2, -0.15) is 0 Å². The van der Waals surface area contributed by atoms with Crippen molar-refractivity contribution in [3.8, 4) is 17.2 Å². The minimum Gasteiger partial charge on any atom is -0.493 e. The summed E-state index contributed by atoms with van der Waals surface area (Å²) in [6, 6.07) is 3.61. The second-order valence-corrected chi connectivity index (χ2v) is 7.01. The molecule has 0 radical (unpaired) electrons. The second-order valence-electron chi connectivity index (χ2n) is 7.01. The molecule has 32 heavy (non-hydrogen) atoms. The number of ether oxygens (including phenoxy) is 3. The highest BCUT2D eigenvalue weighted by Gasteiger charge is 2.16. The molecule has 0 fully saturated rings. The van der Waals surface area contributed by atoms with Crippen LogP contribution >= 0.6 is 0 Å². The maximum absolute atomic E-state index is 12.5. The summed E-state index contributed by atoms with van der Waals surface area (Å²) >= 11 is 0. The van der Waals surface area contributed by atoms with E-state index in [1.165, 1.54) is 11.6 Å². The second kappa shape index (κ2) is 9.56. The number of nitrogens with zero attached hydrogens (tertiary/aromatic N) is 4. The van der Waals surface area contributed by atoms with E-state index >= 15 is 0 Å². The molecule has 0 aliphatic heterocycles. The van der Waals surface area contributed by atoms with Crippen LogP contribution in [0, 0.1) is 0 Å². The first-order chi connectivity index (χ1) is 15.3. The Balaban J connectivity index is 2.02. The molecular weight excluding hydrogens is 414 g/mol. The lowest BCUT2D eigenvalue weighted by Crippen LogP contribution is -2.37. The highest BCUT2D eigenvalue weighted by Crippen LogP contribution is 2.39. The lowest BCUT2D eigenvalue weighted by Gasteiger charge is -2.14. The molecule has 10 nitrogen and oxygen atoms in total. The zero-order valence-corrected chi connectivity index (χ0v) is 18.8. The Bertz CT molecular complexity index is 1290. The molecule has 3 aromatic rings. The molecule has 0 aliphatic rings. The van der Waals surface area contributed by atoms with Crippen molar-refractivity contribution in [1.29, 1.82) is 0 Å². The van der Waals surface area contributed by atoms with E-state index in [1.807, 2.05) is 12.2 Å². The van der Waals surface area contributed by atoms with Crippen LogP contribution in [0.1, 0.15) is 11.4 Å². The van der Waals surface area contributed by atoms with Crippen LogP contribution in [0.25, 0.3) is 23.3 Å². The van der Waals surface area contributed by atoms with Crippen LogP contribution in [-0.4, -0.2) is 46.1 Å². The fourth-order valence-corrected chi connectivity index (χ4v) is 3.29. The Morgan fingerprint density at radius 1 is 0.969 bits per heavy atom. The first-order valence-corrected chi connectivity index (χ1v) is 9.88. The number of methoxy groups -OCH3 is 2. The predicted molar refractivity (Wildman–Crippen MR) is 123 cm³/mol. The summed E-state index contributed by atoms with van der Waals surface area (Å²) in [5.74, 6) is 2.01. The van der Waals surface area contributed by atoms with Crippen LogP contribution in [0.3, 0.4) is 0 Å². The minimum absolute atomic E-state index is 0.324. The summed E-state index contributed by atoms with van der Waals surface area (Å²) in [4.78, 5) is 29.2. The number of nitrogens with two attached hydrogens (primary N) is 1. The first-order valence-electron chi connectivity index (χ1n) is 9.88. The molecule has 10 heteroatoms. The Labute approximate surface area is 184 Å². The van der Waals surface area contributed by atoms with E-state index in [-0.39, 0.29) is 0 Å². The number of fused-ring (bicyclic) bond motifs is 1. The average molecular weight is 441 g/mol. The van der Waals surface area contributed by atoms with Crippen LogP contribution in [0.4, 0.5) is 0 Å². The molecule has 0 saturated heterocycles. The van der Waals surface area contributed by atoms with Gasteiger partial charge in [-0.05, 0) is 23.8 Å². The molecule has 2 N–H and O–H groups in total. The summed E-state index contributed by atoms with van der Waals surface area (Å²) in [5, 5.41) is 0. The fourth-order valence-electron chi connectivity index (χ4n) is 3.29. The van der Waals surface area contributed by atoms with Crippen molar-refractivity contribution in [3.05, 3.63) is 56.5 Å². The van der Waals surface area contributed by atoms with Gasteiger partial charge in [0.1, 0.15) is 12.4 Å². The van der Waals surface area contributed by atoms with E-state index in [9.17, 15) is 9.59 Å². The predicted octanol–water partition coefficient (Wildman–Crippen LogP) is 1.05. The lowest BCUT2D eigenvalue weighted by molar-refractivity contribution is 0.300. The smallest absolute Gasteiger partial charge is 0.332 e. The normalized spacial score (nSPS) is 11.7. The van der Waals surface area contributed by atoms with Gasteiger partial charge in [-0.25, -0.2) is 9.78 Å². The van der Waals surface area contributed by atoms with Gasteiger partial charge in [-0.3, -0.25) is 13.9 Å². The summed E-state index contributed by atoms with van der Waals surface area (Å²) in [7, 11) is 7.86. The highest BCUT2D eigenvalue weighted by molar-refractivity contribution is 5.77. The third-order valence-electron chi connectivity index (χ3n) is 5.04. The molecule has 2 aromatic heterocycles. The van der Waals surface area contributed by atoms with Crippen molar-refractivity contribution < 1.29 is 14.2 Å². The standard InChI is InChI=1S/C22H27N5O5/c1-25-17(24-20-18(25)21(28)27(3)22(29)26(20)2)9-8-14-12-15(30-4)19(16(13-14)31-5)32-11-7-6-10-23/h6-9,12-13H,10-11,23H2,1-5H3/b7-6+,9-8+. The largest absolute Gasteiger partial charge is 0.493 e. The Morgan fingerprint density at radius 3 is 2.22 bits per heavy atom. The highest BCUT2D eigenvalue weighted by atomic mass is 16.5. The van der Waals surface area contributed by atoms with Crippen LogP contribution in [0.2, 0.25) is 0 Å². The van der Waals surface area contributed by atoms with Crippen molar-refractivity contribution >= 4 is 23.3 Å². The van der Waals surface area contributed by atoms with Crippen LogP contribution in [0.5, 0.6) is 17.2 Å². The molecule has 0 aliphatic carbocycles. The van der Waals surface area contributed by atoms with E-state index in [4.69, 9.17) is 19.9 Å². The third-order valence-corrected chi connectivity index (χ3v) is 5.04. The maximum Gasteiger partial charge on any atom is 0.332 e. The SMILES string of the molecule is COc1cc(/C=C/c2nc3c(c(=O)n(C)c(=O)n3C)n2C)cc(OC)c1OC/C=C/CN. The molecule has 1 aromatic carbocycles. The Hall–Kier alpha value is -3.79. The van der Waals surface area contributed by atoms with Gasteiger partial charge in [0.2, 0.25) is 5.75 Å². The summed E-state index contributed by atoms with van der Waals surface area (Å²) < 4.78 is 20.8. The monoisotopic (exact) mass is 441 g/mol. The average Bonchev–Trinajstić information content (AvgIpc) is 3.13. The number of aromatic nitrogens is 4. The molecule has 3 rings (SSSR count). The van der Waals surface area contributed by atoms with E-state index in [0.717, 1.165) is 10.1 Å². The minimum atomic E-state index is -0.428. The summed E-state index contributed by atoms with van der Waals surface area (Å²) in [6.07, 6.45) is 7.18. The number of aryl methyl sites for hydroxylation is 2. The van der Waals surface area contributed by atoms with Crippen LogP contribution in [0.15, 0.2) is 33.9 Å². The maximum atomic E-state index is 12.5. The molecule has 0 saturated carbocycles. The molecule has 0 bridgehead atoms. The van der Waals surface area contributed by atoms with Crippen molar-refractivity contribution in [2.45, 2.75) is 0 Å². The molecule has 0 spiro atoms. The summed E-state index contributed by atoms with van der Waals surface area (Å²) in [6.45, 7) is 0.760. The summed E-state index contributed by atoms with van der Waals surface area (Å²) in [5.41, 5.74) is 6.07. The van der Waals surface area contributed by atoms with Gasteiger partial charge in [0.05, 0.1) is 14.2 Å². The van der Waals surface area contributed by atoms with Crippen molar-refractivity contribution in [2.75, 3.05) is 27.4 Å². The van der Waals surface area contributed by atoms with Gasteiger partial charge in [-0.15, -0.1) is 0 Å². The Morgan fingerprint density at radius 2 is 1.62 bits per heavy atom. The number of benzene rings is 1. The number of hydrogen-bond donors (Lipinski definition) is 1. The zero-order chi connectivity index (χ0) is 23.4. The van der Waals surface area contributed by atoms with Crippen molar-refractivity contribution in [2.24, 2.45) is 26.9 Å². The fraction of sp³-hybridized carbons (Fsp3) is 0.318.